The van der Waals surface area contributed by atoms with Gasteiger partial charge in [0.05, 0.1) is 0 Å². The van der Waals surface area contributed by atoms with Gasteiger partial charge in [-0.05, 0) is 64.8 Å². The summed E-state index contributed by atoms with van der Waals surface area (Å²) >= 11 is 4.81. The minimum Gasteiger partial charge on any atom is -0.465 e. The Morgan fingerprint density at radius 3 is 2.22 bits per heavy atom. The van der Waals surface area contributed by atoms with Gasteiger partial charge in [-0.2, -0.15) is 0 Å². The number of amides is 1. The second-order valence-corrected chi connectivity index (χ2v) is 7.10. The Bertz CT molecular complexity index is 772. The highest BCUT2D eigenvalue weighted by Gasteiger charge is 2.29. The number of hydrogen-bond donors (Lipinski definition) is 2. The third-order valence-electron chi connectivity index (χ3n) is 3.86. The van der Waals surface area contributed by atoms with Crippen molar-refractivity contribution in [2.45, 2.75) is 47.1 Å². The summed E-state index contributed by atoms with van der Waals surface area (Å²) in [4.78, 5) is 19.2. The minimum absolute atomic E-state index is 0.157. The topological polar surface area (TPSA) is 98.5 Å². The maximum absolute atomic E-state index is 11.4. The van der Waals surface area contributed by atoms with E-state index >= 15 is 0 Å². The zero-order chi connectivity index (χ0) is 20.6. The van der Waals surface area contributed by atoms with E-state index in [0.717, 1.165) is 0 Å². The van der Waals surface area contributed by atoms with Crippen molar-refractivity contribution in [3.8, 4) is 11.5 Å². The molecule has 0 unspecified atom stereocenters. The monoisotopic (exact) mass is 395 g/mol. The van der Waals surface area contributed by atoms with Crippen LogP contribution >= 0.6 is 12.2 Å². The molecule has 2 aromatic heterocycles. The maximum atomic E-state index is 11.4. The van der Waals surface area contributed by atoms with E-state index in [1.165, 1.54) is 30.7 Å². The number of carboxylic acid groups (broad SMARTS) is 1. The smallest absolute Gasteiger partial charge is 0.413 e. The summed E-state index contributed by atoms with van der Waals surface area (Å²) in [5.41, 5.74) is -0.0264. The molecule has 2 aromatic rings. The summed E-state index contributed by atoms with van der Waals surface area (Å²) < 4.78 is 5.20. The van der Waals surface area contributed by atoms with Gasteiger partial charge < -0.3 is 14.4 Å². The van der Waals surface area contributed by atoms with Crippen molar-refractivity contribution in [1.29, 1.82) is 0 Å². The number of rotatable bonds is 5. The molecule has 0 saturated heterocycles. The van der Waals surface area contributed by atoms with Crippen LogP contribution < -0.4 is 4.90 Å². The van der Waals surface area contributed by atoms with Crippen LogP contribution in [0.25, 0.3) is 11.5 Å². The molecule has 1 amide bonds. The van der Waals surface area contributed by atoms with Crippen LogP contribution in [0, 0.1) is 4.84 Å². The minimum atomic E-state index is -1.08. The molecule has 0 bridgehead atoms. The van der Waals surface area contributed by atoms with Crippen molar-refractivity contribution in [2.75, 3.05) is 24.5 Å². The van der Waals surface area contributed by atoms with Gasteiger partial charge in [-0.3, -0.25) is 4.90 Å². The van der Waals surface area contributed by atoms with E-state index in [4.69, 9.17) is 16.6 Å². The Balaban J connectivity index is 0.000000445. The van der Waals surface area contributed by atoms with Crippen molar-refractivity contribution >= 4 is 24.1 Å². The number of carbonyl (C=O) groups is 1. The lowest BCUT2D eigenvalue weighted by molar-refractivity contribution is 0.195. The van der Waals surface area contributed by atoms with Crippen LogP contribution in [0.1, 0.15) is 41.5 Å². The predicted octanol–water partition coefficient (Wildman–Crippen LogP) is 4.43. The van der Waals surface area contributed by atoms with E-state index < -0.39 is 11.6 Å². The van der Waals surface area contributed by atoms with Gasteiger partial charge in [-0.1, -0.05) is 20.8 Å². The first-order valence-electron chi connectivity index (χ1n) is 8.91. The normalized spacial score (nSPS) is 11.1. The van der Waals surface area contributed by atoms with Gasteiger partial charge in [-0.15, -0.1) is 5.10 Å². The van der Waals surface area contributed by atoms with Crippen molar-refractivity contribution in [3.05, 3.63) is 23.2 Å². The molecule has 0 aromatic carbocycles. The number of pyridine rings is 1. The first kappa shape index (κ1) is 22.8. The number of nitrogens with one attached hydrogen (secondary N) is 1. The third kappa shape index (κ3) is 6.76. The van der Waals surface area contributed by atoms with Gasteiger partial charge in [-0.25, -0.2) is 14.9 Å². The molecule has 0 aliphatic rings. The molecule has 0 spiro atoms. The Hall–Kier alpha value is -2.26. The quantitative estimate of drug-likeness (QED) is 0.723. The highest BCUT2D eigenvalue weighted by atomic mass is 32.1. The predicted molar refractivity (Wildman–Crippen MR) is 109 cm³/mol. The molecule has 150 valence electrons. The molecule has 0 radical (unpaired) electrons. The summed E-state index contributed by atoms with van der Waals surface area (Å²) in [6.45, 7) is 15.5. The standard InChI is InChI=1S/C12H14N4O3S.C6H15N/c1-12(2,3)16(11(17)18)8-6-7(4-5-13-8)9-14-15-10(20)19-9;1-4-7(5-2)6-3/h4-6H,1-3H3,(H,15,20)(H,17,18);4-6H2,1-3H3. The first-order valence-corrected chi connectivity index (χ1v) is 9.32. The molecule has 0 aliphatic heterocycles. The molecule has 2 heterocycles. The molecular formula is C18H29N5O3S. The van der Waals surface area contributed by atoms with Crippen molar-refractivity contribution < 1.29 is 14.3 Å². The number of hydrogen-bond acceptors (Lipinski definition) is 6. The van der Waals surface area contributed by atoms with Crippen LogP contribution in [0.15, 0.2) is 22.7 Å². The van der Waals surface area contributed by atoms with Gasteiger partial charge in [0.25, 0.3) is 4.84 Å². The van der Waals surface area contributed by atoms with Crippen LogP contribution in [0.3, 0.4) is 0 Å². The zero-order valence-electron chi connectivity index (χ0n) is 16.8. The van der Waals surface area contributed by atoms with Gasteiger partial charge in [0.2, 0.25) is 5.89 Å². The fourth-order valence-electron chi connectivity index (χ4n) is 2.43. The fourth-order valence-corrected chi connectivity index (χ4v) is 2.55. The Morgan fingerprint density at radius 1 is 1.26 bits per heavy atom. The van der Waals surface area contributed by atoms with Gasteiger partial charge in [0, 0.05) is 17.3 Å². The number of aromatic amines is 1. The molecule has 0 atom stereocenters. The Labute approximate surface area is 165 Å². The number of H-pyrrole nitrogens is 1. The number of nitrogens with zero attached hydrogens (tertiary/aromatic N) is 4. The molecule has 2 N–H and O–H groups in total. The summed E-state index contributed by atoms with van der Waals surface area (Å²) in [6, 6.07) is 3.26. The first-order chi connectivity index (χ1) is 12.6. The summed E-state index contributed by atoms with van der Waals surface area (Å²) in [7, 11) is 0. The molecular weight excluding hydrogens is 366 g/mol. The third-order valence-corrected chi connectivity index (χ3v) is 4.04. The van der Waals surface area contributed by atoms with Crippen LogP contribution in [0.4, 0.5) is 10.6 Å². The van der Waals surface area contributed by atoms with Gasteiger partial charge in [0.1, 0.15) is 5.82 Å². The largest absolute Gasteiger partial charge is 0.465 e. The fraction of sp³-hybridized carbons (Fsp3) is 0.556. The molecule has 27 heavy (non-hydrogen) atoms. The highest BCUT2D eigenvalue weighted by molar-refractivity contribution is 7.71. The summed E-state index contributed by atoms with van der Waals surface area (Å²) in [5.74, 6) is 0.588. The average Bonchev–Trinajstić information content (AvgIpc) is 3.02. The zero-order valence-corrected chi connectivity index (χ0v) is 17.6. The average molecular weight is 396 g/mol. The number of anilines is 1. The van der Waals surface area contributed by atoms with Crippen LogP contribution in [-0.4, -0.2) is 56.5 Å². The summed E-state index contributed by atoms with van der Waals surface area (Å²) in [6.07, 6.45) is 0.421. The Morgan fingerprint density at radius 2 is 1.85 bits per heavy atom. The summed E-state index contributed by atoms with van der Waals surface area (Å²) in [5, 5.41) is 15.8. The molecule has 0 aliphatic carbocycles. The number of aromatic nitrogens is 3. The highest BCUT2D eigenvalue weighted by Crippen LogP contribution is 2.26. The second-order valence-electron chi connectivity index (χ2n) is 6.73. The maximum Gasteiger partial charge on any atom is 0.413 e. The van der Waals surface area contributed by atoms with Crippen LogP contribution in [-0.2, 0) is 0 Å². The van der Waals surface area contributed by atoms with Crippen molar-refractivity contribution in [3.63, 3.8) is 0 Å². The van der Waals surface area contributed by atoms with Gasteiger partial charge in [0.15, 0.2) is 0 Å². The molecule has 0 fully saturated rings. The van der Waals surface area contributed by atoms with E-state index in [0.29, 0.717) is 11.4 Å². The van der Waals surface area contributed by atoms with E-state index in [9.17, 15) is 9.90 Å². The second kappa shape index (κ2) is 10.2. The van der Waals surface area contributed by atoms with E-state index in [1.807, 2.05) is 0 Å². The lowest BCUT2D eigenvalue weighted by atomic mass is 10.1. The van der Waals surface area contributed by atoms with Crippen LogP contribution in [0.5, 0.6) is 0 Å². The van der Waals surface area contributed by atoms with E-state index in [1.54, 1.807) is 32.9 Å². The van der Waals surface area contributed by atoms with Crippen molar-refractivity contribution in [1.82, 2.24) is 20.1 Å². The molecule has 8 nitrogen and oxygen atoms in total. The van der Waals surface area contributed by atoms with Gasteiger partial charge >= 0.3 is 6.09 Å². The molecule has 0 saturated carbocycles. The molecule has 2 rings (SSSR count). The van der Waals surface area contributed by atoms with E-state index in [2.05, 4.69) is 40.9 Å². The lowest BCUT2D eigenvalue weighted by Crippen LogP contribution is -2.45. The van der Waals surface area contributed by atoms with Crippen molar-refractivity contribution in [2.24, 2.45) is 0 Å². The van der Waals surface area contributed by atoms with E-state index in [-0.39, 0.29) is 10.7 Å². The SMILES string of the molecule is CC(C)(C)N(C(=O)O)c1cc(-c2n[nH]c(=S)o2)ccn1.CCN(CC)CC. The Kier molecular flexibility index (Phi) is 8.58. The molecule has 9 heteroatoms. The lowest BCUT2D eigenvalue weighted by Gasteiger charge is -2.32. The van der Waals surface area contributed by atoms with Crippen LogP contribution in [0.2, 0.25) is 0 Å².